The summed E-state index contributed by atoms with van der Waals surface area (Å²) in [7, 11) is 7.73. The van der Waals surface area contributed by atoms with Crippen LogP contribution < -0.4 is 28.6 Å². The lowest BCUT2D eigenvalue weighted by Crippen LogP contribution is -2.24. The molecule has 2 aromatic carbocycles. The Kier molecular flexibility index (Phi) is 6.25. The predicted molar refractivity (Wildman–Crippen MR) is 119 cm³/mol. The molecule has 1 fully saturated rings. The van der Waals surface area contributed by atoms with Crippen LogP contribution in [0.2, 0.25) is 0 Å². The molecule has 2 heterocycles. The molecule has 1 atom stereocenters. The molecule has 1 aliphatic heterocycles. The second kappa shape index (κ2) is 9.27. The number of nitrogens with zero attached hydrogens (tertiary/aromatic N) is 3. The van der Waals surface area contributed by atoms with E-state index >= 15 is 0 Å². The van der Waals surface area contributed by atoms with Crippen molar-refractivity contribution in [3.63, 3.8) is 0 Å². The zero-order valence-corrected chi connectivity index (χ0v) is 19.1. The second-order valence-corrected chi connectivity index (χ2v) is 7.32. The third-order valence-electron chi connectivity index (χ3n) is 5.52. The highest BCUT2D eigenvalue weighted by Crippen LogP contribution is 2.41. The van der Waals surface area contributed by atoms with E-state index < -0.39 is 0 Å². The monoisotopic (exact) mass is 455 g/mol. The Hall–Kier alpha value is -3.95. The van der Waals surface area contributed by atoms with E-state index in [1.165, 1.54) is 21.3 Å². The third kappa shape index (κ3) is 4.11. The van der Waals surface area contributed by atoms with Crippen molar-refractivity contribution in [3.8, 4) is 40.2 Å². The summed E-state index contributed by atoms with van der Waals surface area (Å²) in [6.07, 6.45) is 0.266. The van der Waals surface area contributed by atoms with Crippen molar-refractivity contribution in [2.75, 3.05) is 47.0 Å². The zero-order chi connectivity index (χ0) is 23.5. The zero-order valence-electron chi connectivity index (χ0n) is 19.1. The fourth-order valence-electron chi connectivity index (χ4n) is 3.85. The van der Waals surface area contributed by atoms with Crippen LogP contribution in [-0.2, 0) is 4.79 Å². The molecule has 0 aliphatic carbocycles. The Morgan fingerprint density at radius 1 is 0.879 bits per heavy atom. The van der Waals surface area contributed by atoms with Crippen LogP contribution in [-0.4, -0.2) is 58.1 Å². The highest BCUT2D eigenvalue weighted by Gasteiger charge is 2.35. The normalized spacial score (nSPS) is 15.5. The summed E-state index contributed by atoms with van der Waals surface area (Å²) in [4.78, 5) is 19.0. The molecule has 0 bridgehead atoms. The fourth-order valence-corrected chi connectivity index (χ4v) is 3.85. The third-order valence-corrected chi connectivity index (χ3v) is 5.52. The summed E-state index contributed by atoms with van der Waals surface area (Å²) < 4.78 is 32.3. The average molecular weight is 455 g/mol. The van der Waals surface area contributed by atoms with Crippen molar-refractivity contribution >= 4 is 11.6 Å². The Bertz CT molecular complexity index is 1140. The van der Waals surface area contributed by atoms with Gasteiger partial charge in [0.15, 0.2) is 28.8 Å². The van der Waals surface area contributed by atoms with Gasteiger partial charge in [0, 0.05) is 36.2 Å². The number of amides is 1. The maximum atomic E-state index is 12.7. The molecule has 3 aromatic rings. The average Bonchev–Trinajstić information content (AvgIpc) is 3.49. The highest BCUT2D eigenvalue weighted by molar-refractivity contribution is 5.96. The lowest BCUT2D eigenvalue weighted by Gasteiger charge is -2.18. The second-order valence-electron chi connectivity index (χ2n) is 7.32. The Balaban J connectivity index is 1.58. The summed E-state index contributed by atoms with van der Waals surface area (Å²) in [5.74, 6) is 3.06. The van der Waals surface area contributed by atoms with Crippen molar-refractivity contribution in [3.05, 3.63) is 36.2 Å². The molecule has 174 valence electrons. The minimum Gasteiger partial charge on any atom is -0.493 e. The maximum absolute atomic E-state index is 12.7. The summed E-state index contributed by atoms with van der Waals surface area (Å²) in [5.41, 5.74) is 1.33. The van der Waals surface area contributed by atoms with E-state index in [1.54, 1.807) is 43.4 Å². The highest BCUT2D eigenvalue weighted by atomic mass is 16.5. The smallest absolute Gasteiger partial charge is 0.258 e. The summed E-state index contributed by atoms with van der Waals surface area (Å²) in [6, 6.07) is 8.82. The molecule has 4 rings (SSSR count). The van der Waals surface area contributed by atoms with Gasteiger partial charge in [0.05, 0.1) is 35.5 Å². The summed E-state index contributed by atoms with van der Waals surface area (Å²) >= 11 is 0. The molecule has 33 heavy (non-hydrogen) atoms. The van der Waals surface area contributed by atoms with E-state index in [0.29, 0.717) is 58.3 Å². The largest absolute Gasteiger partial charge is 0.493 e. The van der Waals surface area contributed by atoms with E-state index in [2.05, 4.69) is 10.1 Å². The van der Waals surface area contributed by atoms with Crippen LogP contribution in [0, 0.1) is 0 Å². The van der Waals surface area contributed by atoms with Crippen molar-refractivity contribution in [2.45, 2.75) is 12.3 Å². The molecule has 0 radical (unpaired) electrons. The number of carbonyl (C=O) groups excluding carboxylic acids is 1. The number of carbonyl (C=O) groups is 1. The fraction of sp³-hybridized carbons (Fsp3) is 0.348. The van der Waals surface area contributed by atoms with Crippen molar-refractivity contribution < 1.29 is 33.0 Å². The quantitative estimate of drug-likeness (QED) is 0.506. The molecule has 0 saturated carbocycles. The first-order chi connectivity index (χ1) is 16.0. The topological polar surface area (TPSA) is 105 Å². The molecule has 1 amide bonds. The van der Waals surface area contributed by atoms with Crippen LogP contribution in [0.1, 0.15) is 18.2 Å². The van der Waals surface area contributed by atoms with Gasteiger partial charge in [-0.05, 0) is 24.3 Å². The molecule has 10 nitrogen and oxygen atoms in total. The van der Waals surface area contributed by atoms with Crippen LogP contribution in [0.5, 0.6) is 28.7 Å². The number of aromatic nitrogens is 2. The first-order valence-corrected chi connectivity index (χ1v) is 10.2. The maximum Gasteiger partial charge on any atom is 0.258 e. The van der Waals surface area contributed by atoms with Crippen molar-refractivity contribution in [1.29, 1.82) is 0 Å². The molecule has 0 spiro atoms. The predicted octanol–water partition coefficient (Wildman–Crippen LogP) is 3.30. The van der Waals surface area contributed by atoms with Crippen LogP contribution in [0.25, 0.3) is 11.5 Å². The van der Waals surface area contributed by atoms with Gasteiger partial charge in [-0.2, -0.15) is 4.98 Å². The van der Waals surface area contributed by atoms with Gasteiger partial charge in [0.25, 0.3) is 5.89 Å². The van der Waals surface area contributed by atoms with Gasteiger partial charge in [0.2, 0.25) is 11.7 Å². The number of hydrogen-bond donors (Lipinski definition) is 0. The van der Waals surface area contributed by atoms with E-state index in [9.17, 15) is 4.79 Å². The lowest BCUT2D eigenvalue weighted by molar-refractivity contribution is -0.117. The minimum atomic E-state index is -0.217. The molecule has 1 saturated heterocycles. The molecule has 0 N–H and O–H groups in total. The van der Waals surface area contributed by atoms with E-state index in [1.807, 2.05) is 6.07 Å². The summed E-state index contributed by atoms with van der Waals surface area (Å²) in [5, 5.41) is 4.13. The van der Waals surface area contributed by atoms with Gasteiger partial charge in [-0.15, -0.1) is 0 Å². The Morgan fingerprint density at radius 2 is 1.55 bits per heavy atom. The van der Waals surface area contributed by atoms with Crippen LogP contribution in [0.4, 0.5) is 5.69 Å². The van der Waals surface area contributed by atoms with Gasteiger partial charge < -0.3 is 33.1 Å². The van der Waals surface area contributed by atoms with E-state index in [4.69, 9.17) is 28.2 Å². The number of anilines is 1. The van der Waals surface area contributed by atoms with Gasteiger partial charge >= 0.3 is 0 Å². The molecule has 1 aliphatic rings. The van der Waals surface area contributed by atoms with E-state index in [-0.39, 0.29) is 18.2 Å². The van der Waals surface area contributed by atoms with Gasteiger partial charge in [-0.1, -0.05) is 5.16 Å². The molecular weight excluding hydrogens is 430 g/mol. The molecular formula is C23H25N3O7. The number of ether oxygens (including phenoxy) is 5. The molecule has 0 unspecified atom stereocenters. The number of hydrogen-bond acceptors (Lipinski definition) is 9. The van der Waals surface area contributed by atoms with Crippen molar-refractivity contribution in [2.24, 2.45) is 0 Å². The molecule has 1 aromatic heterocycles. The Morgan fingerprint density at radius 3 is 2.15 bits per heavy atom. The standard InChI is InChI=1S/C23H25N3O7/c1-28-16-7-6-15(11-17(16)29-2)26-12-14(10-20(26)27)22-24-23(33-25-22)13-8-18(30-3)21(32-5)19(9-13)31-4/h6-9,11,14H,10,12H2,1-5H3/t14-/m0/s1. The van der Waals surface area contributed by atoms with Gasteiger partial charge in [-0.25, -0.2) is 0 Å². The number of rotatable bonds is 8. The molecule has 10 heteroatoms. The van der Waals surface area contributed by atoms with Crippen LogP contribution in [0.15, 0.2) is 34.9 Å². The first kappa shape index (κ1) is 22.3. The first-order valence-electron chi connectivity index (χ1n) is 10.2. The van der Waals surface area contributed by atoms with Crippen LogP contribution in [0.3, 0.4) is 0 Å². The number of methoxy groups -OCH3 is 5. The lowest BCUT2D eigenvalue weighted by atomic mass is 10.1. The SMILES string of the molecule is COc1ccc(N2C[C@@H](c3noc(-c4cc(OC)c(OC)c(OC)c4)n3)CC2=O)cc1OC. The minimum absolute atomic E-state index is 0.0358. The van der Waals surface area contributed by atoms with Crippen molar-refractivity contribution in [1.82, 2.24) is 10.1 Å². The van der Waals surface area contributed by atoms with Gasteiger partial charge in [0.1, 0.15) is 0 Å². The summed E-state index contributed by atoms with van der Waals surface area (Å²) in [6.45, 7) is 0.419. The van der Waals surface area contributed by atoms with Crippen LogP contribution >= 0.6 is 0 Å². The van der Waals surface area contributed by atoms with E-state index in [0.717, 1.165) is 0 Å². The van der Waals surface area contributed by atoms with Gasteiger partial charge in [-0.3, -0.25) is 4.79 Å². The Labute approximate surface area is 190 Å². The number of benzene rings is 2.